The number of nitrogens with one attached hydrogen (secondary N) is 2. The molecule has 4 heteroatoms. The van der Waals surface area contributed by atoms with E-state index in [-0.39, 0.29) is 5.91 Å². The quantitative estimate of drug-likeness (QED) is 0.724. The predicted octanol–water partition coefficient (Wildman–Crippen LogP) is 2.98. The van der Waals surface area contributed by atoms with Gasteiger partial charge in [-0.1, -0.05) is 13.3 Å². The Morgan fingerprint density at radius 3 is 3.05 bits per heavy atom. The van der Waals surface area contributed by atoms with Crippen LogP contribution >= 0.6 is 0 Å². The van der Waals surface area contributed by atoms with Crippen molar-refractivity contribution >= 4 is 11.6 Å². The van der Waals surface area contributed by atoms with Crippen molar-refractivity contribution in [3.8, 4) is 0 Å². The number of rotatable bonds is 8. The Hall–Kier alpha value is -1.55. The van der Waals surface area contributed by atoms with Crippen LogP contribution in [0, 0.1) is 0 Å². The minimum atomic E-state index is 0.0110. The molecule has 1 aromatic carbocycles. The molecule has 21 heavy (non-hydrogen) atoms. The van der Waals surface area contributed by atoms with Crippen LogP contribution in [0.1, 0.15) is 48.5 Å². The Kier molecular flexibility index (Phi) is 6.54. The molecule has 0 atom stereocenters. The van der Waals surface area contributed by atoms with Crippen molar-refractivity contribution < 1.29 is 9.53 Å². The van der Waals surface area contributed by atoms with Crippen molar-refractivity contribution in [3.63, 3.8) is 0 Å². The van der Waals surface area contributed by atoms with E-state index in [1.165, 1.54) is 11.3 Å². The highest BCUT2D eigenvalue weighted by Gasteiger charge is 2.12. The molecular formula is C17H26N2O2. The number of benzene rings is 1. The van der Waals surface area contributed by atoms with E-state index in [4.69, 9.17) is 4.74 Å². The summed E-state index contributed by atoms with van der Waals surface area (Å²) in [6.07, 6.45) is 5.31. The van der Waals surface area contributed by atoms with E-state index in [2.05, 4.69) is 17.6 Å². The fourth-order valence-electron chi connectivity index (χ4n) is 2.44. The minimum absolute atomic E-state index is 0.0110. The second-order valence-electron chi connectivity index (χ2n) is 5.48. The zero-order valence-electron chi connectivity index (χ0n) is 12.9. The molecule has 2 rings (SSSR count). The summed E-state index contributed by atoms with van der Waals surface area (Å²) in [4.78, 5) is 12.1. The van der Waals surface area contributed by atoms with E-state index < -0.39 is 0 Å². The van der Waals surface area contributed by atoms with Crippen LogP contribution in [-0.4, -0.2) is 32.2 Å². The molecular weight excluding hydrogens is 264 g/mol. The van der Waals surface area contributed by atoms with Gasteiger partial charge in [0.05, 0.1) is 0 Å². The summed E-state index contributed by atoms with van der Waals surface area (Å²) >= 11 is 0. The van der Waals surface area contributed by atoms with Gasteiger partial charge in [0, 0.05) is 37.6 Å². The first kappa shape index (κ1) is 15.8. The second-order valence-corrected chi connectivity index (χ2v) is 5.48. The second kappa shape index (κ2) is 8.67. The third-order valence-corrected chi connectivity index (χ3v) is 3.70. The van der Waals surface area contributed by atoms with Crippen molar-refractivity contribution in [1.82, 2.24) is 5.32 Å². The summed E-state index contributed by atoms with van der Waals surface area (Å²) in [5.74, 6) is 0.0110. The van der Waals surface area contributed by atoms with E-state index >= 15 is 0 Å². The number of carbonyl (C=O) groups is 1. The number of amides is 1. The predicted molar refractivity (Wildman–Crippen MR) is 85.9 cm³/mol. The molecule has 4 nitrogen and oxygen atoms in total. The number of fused-ring (bicyclic) bond motifs is 1. The van der Waals surface area contributed by atoms with E-state index in [0.29, 0.717) is 13.2 Å². The van der Waals surface area contributed by atoms with E-state index in [1.807, 2.05) is 18.2 Å². The number of hydrogen-bond donors (Lipinski definition) is 2. The largest absolute Gasteiger partial charge is 0.385 e. The third kappa shape index (κ3) is 5.05. The SMILES string of the molecule is CCCCOCCCNC(=O)c1ccc2c(c1)CCCN2. The molecule has 0 radical (unpaired) electrons. The van der Waals surface area contributed by atoms with Gasteiger partial charge in [-0.05, 0) is 49.4 Å². The monoisotopic (exact) mass is 290 g/mol. The van der Waals surface area contributed by atoms with Crippen molar-refractivity contribution in [1.29, 1.82) is 0 Å². The van der Waals surface area contributed by atoms with Gasteiger partial charge in [0.1, 0.15) is 0 Å². The van der Waals surface area contributed by atoms with Crippen molar-refractivity contribution in [2.24, 2.45) is 0 Å². The maximum Gasteiger partial charge on any atom is 0.251 e. The molecule has 1 aliphatic rings. The van der Waals surface area contributed by atoms with E-state index in [9.17, 15) is 4.79 Å². The topological polar surface area (TPSA) is 50.4 Å². The average Bonchev–Trinajstić information content (AvgIpc) is 2.53. The Bertz CT molecular complexity index is 460. The molecule has 1 aromatic rings. The lowest BCUT2D eigenvalue weighted by Crippen LogP contribution is -2.25. The summed E-state index contributed by atoms with van der Waals surface area (Å²) in [5, 5.41) is 6.31. The fourth-order valence-corrected chi connectivity index (χ4v) is 2.44. The van der Waals surface area contributed by atoms with E-state index in [0.717, 1.165) is 50.8 Å². The zero-order valence-corrected chi connectivity index (χ0v) is 12.9. The smallest absolute Gasteiger partial charge is 0.251 e. The highest BCUT2D eigenvalue weighted by molar-refractivity contribution is 5.94. The normalized spacial score (nSPS) is 13.4. The molecule has 0 bridgehead atoms. The molecule has 0 saturated heterocycles. The van der Waals surface area contributed by atoms with Crippen LogP contribution in [0.3, 0.4) is 0 Å². The highest BCUT2D eigenvalue weighted by Crippen LogP contribution is 2.22. The first-order valence-corrected chi connectivity index (χ1v) is 8.04. The fraction of sp³-hybridized carbons (Fsp3) is 0.588. The molecule has 116 valence electrons. The van der Waals surface area contributed by atoms with Gasteiger partial charge in [0.25, 0.3) is 5.91 Å². The molecule has 1 aliphatic heterocycles. The number of anilines is 1. The molecule has 0 saturated carbocycles. The van der Waals surface area contributed by atoms with Gasteiger partial charge in [-0.25, -0.2) is 0 Å². The number of aryl methyl sites for hydroxylation is 1. The van der Waals surface area contributed by atoms with Crippen molar-refractivity contribution in [3.05, 3.63) is 29.3 Å². The maximum atomic E-state index is 12.1. The van der Waals surface area contributed by atoms with Gasteiger partial charge in [0.2, 0.25) is 0 Å². The summed E-state index contributed by atoms with van der Waals surface area (Å²) in [5.41, 5.74) is 3.17. The summed E-state index contributed by atoms with van der Waals surface area (Å²) in [7, 11) is 0. The van der Waals surface area contributed by atoms with Crippen LogP contribution in [0.4, 0.5) is 5.69 Å². The lowest BCUT2D eigenvalue weighted by molar-refractivity contribution is 0.0940. The standard InChI is InChI=1S/C17H26N2O2/c1-2-3-11-21-12-5-10-19-17(20)15-7-8-16-14(13-15)6-4-9-18-16/h7-8,13,18H,2-6,9-12H2,1H3,(H,19,20). The van der Waals surface area contributed by atoms with E-state index in [1.54, 1.807) is 0 Å². The lowest BCUT2D eigenvalue weighted by Gasteiger charge is -2.18. The van der Waals surface area contributed by atoms with Crippen molar-refractivity contribution in [2.45, 2.75) is 39.0 Å². The lowest BCUT2D eigenvalue weighted by atomic mass is 10.0. The van der Waals surface area contributed by atoms with Crippen LogP contribution in [0.25, 0.3) is 0 Å². The molecule has 0 aliphatic carbocycles. The molecule has 0 spiro atoms. The first-order valence-electron chi connectivity index (χ1n) is 8.04. The van der Waals surface area contributed by atoms with Gasteiger partial charge in [-0.3, -0.25) is 4.79 Å². The molecule has 1 heterocycles. The summed E-state index contributed by atoms with van der Waals surface area (Å²) < 4.78 is 5.48. The van der Waals surface area contributed by atoms with Gasteiger partial charge in [0.15, 0.2) is 0 Å². The Balaban J connectivity index is 1.71. The molecule has 1 amide bonds. The maximum absolute atomic E-state index is 12.1. The molecule has 0 aromatic heterocycles. The number of carbonyl (C=O) groups excluding carboxylic acids is 1. The Labute approximate surface area is 127 Å². The zero-order chi connectivity index (χ0) is 14.9. The number of unbranched alkanes of at least 4 members (excludes halogenated alkanes) is 1. The molecule has 0 fully saturated rings. The van der Waals surface area contributed by atoms with Gasteiger partial charge in [-0.2, -0.15) is 0 Å². The summed E-state index contributed by atoms with van der Waals surface area (Å²) in [6, 6.07) is 5.91. The Morgan fingerprint density at radius 2 is 2.19 bits per heavy atom. The third-order valence-electron chi connectivity index (χ3n) is 3.70. The highest BCUT2D eigenvalue weighted by atomic mass is 16.5. The minimum Gasteiger partial charge on any atom is -0.385 e. The number of ether oxygens (including phenoxy) is 1. The van der Waals surface area contributed by atoms with Crippen LogP contribution in [0.2, 0.25) is 0 Å². The average molecular weight is 290 g/mol. The van der Waals surface area contributed by atoms with Crippen LogP contribution in [0.5, 0.6) is 0 Å². The molecule has 2 N–H and O–H groups in total. The van der Waals surface area contributed by atoms with Crippen LogP contribution in [0.15, 0.2) is 18.2 Å². The van der Waals surface area contributed by atoms with Crippen LogP contribution < -0.4 is 10.6 Å². The van der Waals surface area contributed by atoms with Gasteiger partial charge in [-0.15, -0.1) is 0 Å². The first-order chi connectivity index (χ1) is 10.3. The molecule has 0 unspecified atom stereocenters. The number of hydrogen-bond acceptors (Lipinski definition) is 3. The summed E-state index contributed by atoms with van der Waals surface area (Å²) in [6.45, 7) is 5.38. The Morgan fingerprint density at radius 1 is 1.33 bits per heavy atom. The van der Waals surface area contributed by atoms with Gasteiger partial charge < -0.3 is 15.4 Å². The van der Waals surface area contributed by atoms with Gasteiger partial charge >= 0.3 is 0 Å². The van der Waals surface area contributed by atoms with Crippen molar-refractivity contribution in [2.75, 3.05) is 31.6 Å². The van der Waals surface area contributed by atoms with Crippen LogP contribution in [-0.2, 0) is 11.2 Å².